The van der Waals surface area contributed by atoms with Gasteiger partial charge in [-0.3, -0.25) is 9.69 Å². The van der Waals surface area contributed by atoms with Crippen molar-refractivity contribution in [2.45, 2.75) is 0 Å². The largest absolute Gasteiger partial charge is 0.399 e. The van der Waals surface area contributed by atoms with Gasteiger partial charge in [0, 0.05) is 44.5 Å². The first-order valence-electron chi connectivity index (χ1n) is 8.97. The van der Waals surface area contributed by atoms with E-state index >= 15 is 0 Å². The Morgan fingerprint density at radius 2 is 1.54 bits per heavy atom. The van der Waals surface area contributed by atoms with Crippen LogP contribution in [0.2, 0.25) is 0 Å². The maximum atomic E-state index is 12.3. The lowest BCUT2D eigenvalue weighted by Crippen LogP contribution is -2.48. The number of nitrogen functional groups attached to an aromatic ring is 1. The van der Waals surface area contributed by atoms with Crippen LogP contribution in [0.3, 0.4) is 0 Å². The number of carbonyl (C=O) groups is 1. The molecule has 2 aromatic carbocycles. The van der Waals surface area contributed by atoms with Gasteiger partial charge in [-0.15, -0.1) is 0 Å². The van der Waals surface area contributed by atoms with E-state index in [1.807, 2.05) is 53.4 Å². The summed E-state index contributed by atoms with van der Waals surface area (Å²) < 4.78 is 0. The molecule has 0 spiro atoms. The van der Waals surface area contributed by atoms with E-state index in [0.29, 0.717) is 0 Å². The minimum atomic E-state index is 0.0707. The van der Waals surface area contributed by atoms with Crippen LogP contribution in [0.1, 0.15) is 11.1 Å². The normalized spacial score (nSPS) is 15.8. The number of nitrogens with two attached hydrogens (primary N) is 1. The number of hydrogen-bond donors (Lipinski definition) is 1. The summed E-state index contributed by atoms with van der Waals surface area (Å²) in [6.07, 6.45) is 7.83. The van der Waals surface area contributed by atoms with Crippen LogP contribution in [0.5, 0.6) is 0 Å². The molecule has 0 bridgehead atoms. The smallest absolute Gasteiger partial charge is 0.246 e. The summed E-state index contributed by atoms with van der Waals surface area (Å²) in [6.45, 7) is 4.26. The van der Waals surface area contributed by atoms with Crippen molar-refractivity contribution in [1.29, 1.82) is 0 Å². The highest BCUT2D eigenvalue weighted by Gasteiger charge is 2.18. The van der Waals surface area contributed by atoms with Crippen molar-refractivity contribution in [3.63, 3.8) is 0 Å². The predicted molar refractivity (Wildman–Crippen MR) is 108 cm³/mol. The average Bonchev–Trinajstić information content (AvgIpc) is 2.69. The van der Waals surface area contributed by atoms with E-state index in [9.17, 15) is 4.79 Å². The summed E-state index contributed by atoms with van der Waals surface area (Å²) in [6, 6.07) is 17.8. The van der Waals surface area contributed by atoms with E-state index in [0.717, 1.165) is 44.0 Å². The molecule has 2 aromatic rings. The number of piperazine rings is 1. The first-order valence-corrected chi connectivity index (χ1v) is 8.97. The van der Waals surface area contributed by atoms with Crippen molar-refractivity contribution in [2.24, 2.45) is 0 Å². The van der Waals surface area contributed by atoms with Crippen molar-refractivity contribution in [2.75, 3.05) is 38.5 Å². The van der Waals surface area contributed by atoms with Crippen molar-refractivity contribution in [3.05, 3.63) is 77.9 Å². The van der Waals surface area contributed by atoms with E-state index in [2.05, 4.69) is 29.2 Å². The maximum Gasteiger partial charge on any atom is 0.246 e. The van der Waals surface area contributed by atoms with E-state index < -0.39 is 0 Å². The lowest BCUT2D eigenvalue weighted by atomic mass is 10.2. The van der Waals surface area contributed by atoms with Crippen LogP contribution in [0, 0.1) is 0 Å². The van der Waals surface area contributed by atoms with Crippen molar-refractivity contribution < 1.29 is 4.79 Å². The molecular formula is C22H25N3O. The molecule has 134 valence electrons. The molecule has 26 heavy (non-hydrogen) atoms. The van der Waals surface area contributed by atoms with Crippen LogP contribution in [-0.2, 0) is 4.79 Å². The highest BCUT2D eigenvalue weighted by molar-refractivity contribution is 5.91. The second-order valence-electron chi connectivity index (χ2n) is 6.44. The number of anilines is 1. The Hall–Kier alpha value is -2.85. The Morgan fingerprint density at radius 3 is 2.23 bits per heavy atom. The molecule has 0 atom stereocenters. The van der Waals surface area contributed by atoms with Gasteiger partial charge in [-0.2, -0.15) is 0 Å². The average molecular weight is 347 g/mol. The number of amides is 1. The van der Waals surface area contributed by atoms with Gasteiger partial charge in [-0.05, 0) is 29.3 Å². The minimum absolute atomic E-state index is 0.0707. The van der Waals surface area contributed by atoms with E-state index in [1.165, 1.54) is 5.56 Å². The Kier molecular flexibility index (Phi) is 6.23. The van der Waals surface area contributed by atoms with Gasteiger partial charge in [-0.25, -0.2) is 0 Å². The number of rotatable bonds is 5. The third-order valence-corrected chi connectivity index (χ3v) is 4.51. The van der Waals surface area contributed by atoms with Crippen molar-refractivity contribution in [3.8, 4) is 0 Å². The Morgan fingerprint density at radius 1 is 0.885 bits per heavy atom. The van der Waals surface area contributed by atoms with Gasteiger partial charge in [-0.1, -0.05) is 54.6 Å². The molecule has 1 aliphatic heterocycles. The summed E-state index contributed by atoms with van der Waals surface area (Å²) in [5.74, 6) is 0.0707. The van der Waals surface area contributed by atoms with Crippen LogP contribution < -0.4 is 5.73 Å². The molecule has 1 aliphatic rings. The van der Waals surface area contributed by atoms with Gasteiger partial charge < -0.3 is 10.6 Å². The fraction of sp³-hybridized carbons (Fsp3) is 0.227. The van der Waals surface area contributed by atoms with Gasteiger partial charge in [0.05, 0.1) is 0 Å². The topological polar surface area (TPSA) is 49.6 Å². The molecule has 1 amide bonds. The lowest BCUT2D eigenvalue weighted by Gasteiger charge is -2.33. The van der Waals surface area contributed by atoms with Crippen molar-refractivity contribution >= 4 is 23.7 Å². The maximum absolute atomic E-state index is 12.3. The zero-order valence-electron chi connectivity index (χ0n) is 14.9. The monoisotopic (exact) mass is 347 g/mol. The molecule has 3 rings (SSSR count). The van der Waals surface area contributed by atoms with Gasteiger partial charge in [0.25, 0.3) is 0 Å². The van der Waals surface area contributed by atoms with Crippen LogP contribution in [0.25, 0.3) is 12.2 Å². The van der Waals surface area contributed by atoms with Crippen molar-refractivity contribution in [1.82, 2.24) is 9.80 Å². The molecule has 1 fully saturated rings. The predicted octanol–water partition coefficient (Wildman–Crippen LogP) is 3.14. The molecule has 0 saturated carbocycles. The first kappa shape index (κ1) is 18.0. The lowest BCUT2D eigenvalue weighted by molar-refractivity contribution is -0.127. The highest BCUT2D eigenvalue weighted by Crippen LogP contribution is 2.09. The molecule has 0 aliphatic carbocycles. The standard InChI is InChI=1S/C22H25N3O/c23-21-11-8-20(9-12-21)10-13-22(26)25-17-15-24(16-18-25)14-4-7-19-5-2-1-3-6-19/h1-13H,14-18,23H2/b7-4+,13-10+. The third-order valence-electron chi connectivity index (χ3n) is 4.51. The summed E-state index contributed by atoms with van der Waals surface area (Å²) in [5.41, 5.74) is 8.60. The van der Waals surface area contributed by atoms with E-state index in [-0.39, 0.29) is 5.91 Å². The Labute approximate surface area is 155 Å². The molecule has 0 radical (unpaired) electrons. The molecule has 4 heteroatoms. The number of carbonyl (C=O) groups excluding carboxylic acids is 1. The SMILES string of the molecule is Nc1ccc(/C=C/C(=O)N2CCN(C/C=C/c3ccccc3)CC2)cc1. The second kappa shape index (κ2) is 9.02. The zero-order chi connectivity index (χ0) is 18.2. The van der Waals surface area contributed by atoms with Crippen LogP contribution in [0.4, 0.5) is 5.69 Å². The quantitative estimate of drug-likeness (QED) is 0.668. The van der Waals surface area contributed by atoms with Gasteiger partial charge >= 0.3 is 0 Å². The van der Waals surface area contributed by atoms with Crippen LogP contribution in [0.15, 0.2) is 66.7 Å². The molecule has 1 saturated heterocycles. The number of benzene rings is 2. The molecule has 2 N–H and O–H groups in total. The Balaban J connectivity index is 1.43. The minimum Gasteiger partial charge on any atom is -0.399 e. The highest BCUT2D eigenvalue weighted by atomic mass is 16.2. The van der Waals surface area contributed by atoms with E-state index in [1.54, 1.807) is 6.08 Å². The van der Waals surface area contributed by atoms with Crippen LogP contribution in [-0.4, -0.2) is 48.4 Å². The summed E-state index contributed by atoms with van der Waals surface area (Å²) >= 11 is 0. The van der Waals surface area contributed by atoms with Gasteiger partial charge in [0.1, 0.15) is 0 Å². The van der Waals surface area contributed by atoms with Crippen LogP contribution >= 0.6 is 0 Å². The first-order chi connectivity index (χ1) is 12.7. The fourth-order valence-corrected chi connectivity index (χ4v) is 2.93. The third kappa shape index (κ3) is 5.33. The summed E-state index contributed by atoms with van der Waals surface area (Å²) in [7, 11) is 0. The molecule has 0 unspecified atom stereocenters. The molecule has 0 aromatic heterocycles. The van der Waals surface area contributed by atoms with Gasteiger partial charge in [0.2, 0.25) is 5.91 Å². The Bertz CT molecular complexity index is 758. The summed E-state index contributed by atoms with van der Waals surface area (Å²) in [5, 5.41) is 0. The van der Waals surface area contributed by atoms with Gasteiger partial charge in [0.15, 0.2) is 0 Å². The van der Waals surface area contributed by atoms with E-state index in [4.69, 9.17) is 5.73 Å². The summed E-state index contributed by atoms with van der Waals surface area (Å²) in [4.78, 5) is 16.6. The molecular weight excluding hydrogens is 322 g/mol. The fourth-order valence-electron chi connectivity index (χ4n) is 2.93. The number of hydrogen-bond acceptors (Lipinski definition) is 3. The zero-order valence-corrected chi connectivity index (χ0v) is 14.9. The molecule has 4 nitrogen and oxygen atoms in total. The number of nitrogens with zero attached hydrogens (tertiary/aromatic N) is 2. The molecule has 1 heterocycles. The second-order valence-corrected chi connectivity index (χ2v) is 6.44.